The maximum Gasteiger partial charge on any atom is 0.301 e. The van der Waals surface area contributed by atoms with Crippen molar-refractivity contribution in [2.24, 2.45) is 0 Å². The molecule has 8 rings (SSSR count). The number of aromatic nitrogens is 2. The number of likely N-dealkylation sites (tertiary alicyclic amines) is 1. The molecule has 61 heavy (non-hydrogen) atoms. The van der Waals surface area contributed by atoms with Crippen molar-refractivity contribution in [3.63, 3.8) is 0 Å². The quantitative estimate of drug-likeness (QED) is 0.137. The van der Waals surface area contributed by atoms with Gasteiger partial charge in [0, 0.05) is 50.5 Å². The fourth-order valence-corrected chi connectivity index (χ4v) is 10.2. The van der Waals surface area contributed by atoms with E-state index in [1.165, 1.54) is 19.2 Å². The number of carbonyl (C=O) groups is 2. The highest BCUT2D eigenvalue weighted by Gasteiger charge is 2.45. The van der Waals surface area contributed by atoms with Crippen LogP contribution in [-0.4, -0.2) is 90.0 Å². The van der Waals surface area contributed by atoms with Crippen LogP contribution in [0, 0.1) is 23.0 Å². The first-order valence-electron chi connectivity index (χ1n) is 20.8. The van der Waals surface area contributed by atoms with Gasteiger partial charge < -0.3 is 20.3 Å². The Bertz CT molecular complexity index is 2570. The Labute approximate surface area is 352 Å². The van der Waals surface area contributed by atoms with Gasteiger partial charge in [-0.1, -0.05) is 13.0 Å². The number of rotatable bonds is 11. The predicted octanol–water partition coefficient (Wildman–Crippen LogP) is 5.64. The standard InChI is InChI=1S/C43H49F2N9O6S/c1-3-52(2)61(58,59)51-37-13-11-34(44)40(33(37)23-46)49-27-7-12-36-32(20-27)42(57)54(25-47-36)30-22-43(60-24-30)16-18-53(19-17-43)29-8-4-26(5-9-29)31-10-6-28(21-35(31)45)48-38-14-15-39(55)50-41(38)56/h6-7,10-13,20-21,25-26,29-30,38,48-49,51H,3-5,8-9,14-19,22,24H2,1-2H3,(H,50,55,56). The van der Waals surface area contributed by atoms with Crippen LogP contribution in [0.2, 0.25) is 0 Å². The third-order valence-corrected chi connectivity index (χ3v) is 14.5. The monoisotopic (exact) mass is 857 g/mol. The highest BCUT2D eigenvalue weighted by atomic mass is 32.2. The van der Waals surface area contributed by atoms with E-state index < -0.39 is 28.0 Å². The topological polar surface area (TPSA) is 191 Å². The van der Waals surface area contributed by atoms with Crippen molar-refractivity contribution >= 4 is 55.7 Å². The van der Waals surface area contributed by atoms with Crippen molar-refractivity contribution in [2.75, 3.05) is 48.6 Å². The number of fused-ring (bicyclic) bond motifs is 1. The summed E-state index contributed by atoms with van der Waals surface area (Å²) in [5, 5.41) is 18.5. The van der Waals surface area contributed by atoms with E-state index >= 15 is 8.78 Å². The van der Waals surface area contributed by atoms with Crippen LogP contribution in [0.15, 0.2) is 59.7 Å². The molecular formula is C43H49F2N9O6S. The zero-order chi connectivity index (χ0) is 43.1. The second-order valence-corrected chi connectivity index (χ2v) is 18.3. The lowest BCUT2D eigenvalue weighted by molar-refractivity contribution is -0.133. The Balaban J connectivity index is 0.878. The van der Waals surface area contributed by atoms with E-state index in [4.69, 9.17) is 4.74 Å². The number of benzene rings is 3. The molecule has 322 valence electrons. The average Bonchev–Trinajstić information content (AvgIpc) is 3.66. The number of carbonyl (C=O) groups excluding carboxylic acids is 2. The van der Waals surface area contributed by atoms with Crippen LogP contribution < -0.4 is 26.2 Å². The SMILES string of the molecule is CCN(C)S(=O)(=O)Nc1ccc(F)c(Nc2ccc3ncn(C4COC5(CCN(C6CCC(c7ccc(NC8CCC(=O)NC8=O)cc7F)CC6)CC5)C4)c(=O)c3c2)c1C#N. The number of piperidine rings is 2. The molecule has 2 unspecified atom stereocenters. The zero-order valence-corrected chi connectivity index (χ0v) is 34.9. The number of nitrogens with one attached hydrogen (secondary N) is 4. The van der Waals surface area contributed by atoms with Crippen LogP contribution in [0.25, 0.3) is 10.9 Å². The predicted molar refractivity (Wildman–Crippen MR) is 226 cm³/mol. The minimum absolute atomic E-state index is 0.0937. The van der Waals surface area contributed by atoms with Gasteiger partial charge in [0.15, 0.2) is 0 Å². The molecule has 3 saturated heterocycles. The van der Waals surface area contributed by atoms with E-state index in [1.807, 2.05) is 18.2 Å². The first-order chi connectivity index (χ1) is 29.3. The van der Waals surface area contributed by atoms with Crippen LogP contribution >= 0.6 is 0 Å². The molecule has 4 heterocycles. The molecule has 3 aliphatic heterocycles. The summed E-state index contributed by atoms with van der Waals surface area (Å²) in [5.74, 6) is -1.64. The summed E-state index contributed by atoms with van der Waals surface area (Å²) < 4.78 is 67.4. The molecule has 1 aromatic heterocycles. The Morgan fingerprint density at radius 3 is 2.44 bits per heavy atom. The van der Waals surface area contributed by atoms with Gasteiger partial charge in [0.2, 0.25) is 11.8 Å². The number of nitrogens with zero attached hydrogens (tertiary/aromatic N) is 5. The van der Waals surface area contributed by atoms with Gasteiger partial charge in [-0.25, -0.2) is 13.8 Å². The molecule has 2 atom stereocenters. The summed E-state index contributed by atoms with van der Waals surface area (Å²) in [6, 6.07) is 13.6. The Morgan fingerprint density at radius 1 is 0.984 bits per heavy atom. The molecule has 15 nitrogen and oxygen atoms in total. The number of imide groups is 1. The number of hydrogen-bond donors (Lipinski definition) is 4. The molecule has 4 aromatic rings. The van der Waals surface area contributed by atoms with E-state index in [9.17, 15) is 28.1 Å². The van der Waals surface area contributed by atoms with Crippen molar-refractivity contribution in [1.29, 1.82) is 5.26 Å². The molecule has 4 N–H and O–H groups in total. The number of hydrogen-bond acceptors (Lipinski definition) is 11. The number of anilines is 4. The van der Waals surface area contributed by atoms with Gasteiger partial charge >= 0.3 is 10.2 Å². The molecule has 4 aliphatic rings. The van der Waals surface area contributed by atoms with Crippen LogP contribution in [0.5, 0.6) is 0 Å². The minimum atomic E-state index is -3.99. The van der Waals surface area contributed by atoms with Crippen molar-refractivity contribution in [3.8, 4) is 6.07 Å². The van der Waals surface area contributed by atoms with E-state index in [2.05, 4.69) is 30.6 Å². The van der Waals surface area contributed by atoms with E-state index in [0.29, 0.717) is 53.3 Å². The van der Waals surface area contributed by atoms with Gasteiger partial charge in [-0.15, -0.1) is 0 Å². The lowest BCUT2D eigenvalue weighted by atomic mass is 9.79. The van der Waals surface area contributed by atoms with Gasteiger partial charge in [-0.05, 0) is 105 Å². The fourth-order valence-electron chi connectivity index (χ4n) is 9.28. The highest BCUT2D eigenvalue weighted by Crippen LogP contribution is 2.43. The summed E-state index contributed by atoms with van der Waals surface area (Å²) >= 11 is 0. The van der Waals surface area contributed by atoms with Crippen LogP contribution in [-0.2, 0) is 24.5 Å². The maximum absolute atomic E-state index is 15.4. The molecule has 0 radical (unpaired) electrons. The molecule has 1 aliphatic carbocycles. The fraction of sp³-hybridized carbons (Fsp3) is 0.465. The third kappa shape index (κ3) is 8.69. The van der Waals surface area contributed by atoms with Gasteiger partial charge in [-0.3, -0.25) is 29.0 Å². The molecule has 1 saturated carbocycles. The molecule has 0 bridgehead atoms. The summed E-state index contributed by atoms with van der Waals surface area (Å²) in [7, 11) is -2.61. The molecule has 2 amide bonds. The first-order valence-corrected chi connectivity index (χ1v) is 22.2. The molecule has 4 fully saturated rings. The number of halogens is 2. The lowest BCUT2D eigenvalue weighted by Gasteiger charge is -2.44. The Morgan fingerprint density at radius 2 is 1.74 bits per heavy atom. The molecular weight excluding hydrogens is 809 g/mol. The molecule has 18 heteroatoms. The smallest absolute Gasteiger partial charge is 0.301 e. The van der Waals surface area contributed by atoms with Crippen LogP contribution in [0.4, 0.5) is 31.5 Å². The van der Waals surface area contributed by atoms with Crippen LogP contribution in [0.3, 0.4) is 0 Å². The second-order valence-electron chi connectivity index (χ2n) is 16.6. The zero-order valence-electron chi connectivity index (χ0n) is 34.0. The van der Waals surface area contributed by atoms with Crippen molar-refractivity contribution in [2.45, 2.75) is 94.4 Å². The third-order valence-electron chi connectivity index (χ3n) is 12.9. The summed E-state index contributed by atoms with van der Waals surface area (Å²) in [4.78, 5) is 44.7. The molecule has 3 aromatic carbocycles. The van der Waals surface area contributed by atoms with Gasteiger partial charge in [-0.2, -0.15) is 18.0 Å². The van der Waals surface area contributed by atoms with Gasteiger partial charge in [0.25, 0.3) is 5.56 Å². The minimum Gasteiger partial charge on any atom is -0.374 e. The van der Waals surface area contributed by atoms with Gasteiger partial charge in [0.05, 0.1) is 46.9 Å². The van der Waals surface area contributed by atoms with Crippen LogP contribution in [0.1, 0.15) is 87.8 Å². The molecule has 1 spiro atoms. The van der Waals surface area contributed by atoms with E-state index in [0.717, 1.165) is 62.0 Å². The first kappa shape index (κ1) is 42.2. The van der Waals surface area contributed by atoms with Crippen molar-refractivity contribution in [1.82, 2.24) is 24.1 Å². The average molecular weight is 858 g/mol. The maximum atomic E-state index is 15.4. The number of amides is 2. The van der Waals surface area contributed by atoms with Crippen molar-refractivity contribution < 1.29 is 31.5 Å². The number of nitriles is 1. The summed E-state index contributed by atoms with van der Waals surface area (Å²) in [5.41, 5.74) is 0.735. The van der Waals surface area contributed by atoms with Gasteiger partial charge in [0.1, 0.15) is 29.3 Å². The van der Waals surface area contributed by atoms with E-state index in [-0.39, 0.29) is 64.7 Å². The largest absolute Gasteiger partial charge is 0.374 e. The summed E-state index contributed by atoms with van der Waals surface area (Å²) in [6.45, 7) is 3.91. The summed E-state index contributed by atoms with van der Waals surface area (Å²) in [6.07, 6.45) is 8.10. The Kier molecular flexibility index (Phi) is 11.8. The van der Waals surface area contributed by atoms with Crippen molar-refractivity contribution in [3.05, 3.63) is 88.0 Å². The number of ether oxygens (including phenoxy) is 1. The normalized spacial score (nSPS) is 23.2. The Hall–Kier alpha value is -5.48. The lowest BCUT2D eigenvalue weighted by Crippen LogP contribution is -2.49. The highest BCUT2D eigenvalue weighted by molar-refractivity contribution is 7.90. The van der Waals surface area contributed by atoms with E-state index in [1.54, 1.807) is 36.0 Å². The second kappa shape index (κ2) is 17.1.